The topological polar surface area (TPSA) is 100 Å². The number of amidine groups is 1. The largest absolute Gasteiger partial charge is 0.431 e. The van der Waals surface area contributed by atoms with Crippen molar-refractivity contribution in [2.24, 2.45) is 10.9 Å². The molecular formula is C17H21N5O4. The van der Waals surface area contributed by atoms with Gasteiger partial charge in [0.1, 0.15) is 17.7 Å². The molecule has 1 N–H and O–H groups in total. The van der Waals surface area contributed by atoms with Crippen LogP contribution in [0.2, 0.25) is 0 Å². The molecule has 0 bridgehead atoms. The number of nitrogens with zero attached hydrogens (tertiary/aromatic N) is 4. The summed E-state index contributed by atoms with van der Waals surface area (Å²) in [5, 5.41) is 6.83. The van der Waals surface area contributed by atoms with Gasteiger partial charge in [0.05, 0.1) is 12.2 Å². The number of aliphatic imine (C=N–C) groups is 1. The highest BCUT2D eigenvalue weighted by Gasteiger charge is 2.34. The van der Waals surface area contributed by atoms with Crippen LogP contribution >= 0.6 is 0 Å². The molecule has 0 aromatic carbocycles. The summed E-state index contributed by atoms with van der Waals surface area (Å²) in [6.45, 7) is 5.52. The van der Waals surface area contributed by atoms with Crippen molar-refractivity contribution in [3.63, 3.8) is 0 Å². The summed E-state index contributed by atoms with van der Waals surface area (Å²) in [6, 6.07) is -0.261. The van der Waals surface area contributed by atoms with Crippen LogP contribution in [0.3, 0.4) is 0 Å². The Morgan fingerprint density at radius 1 is 1.35 bits per heavy atom. The molecule has 0 atom stereocenters. The van der Waals surface area contributed by atoms with Gasteiger partial charge in [-0.25, -0.2) is 4.79 Å². The first-order valence-corrected chi connectivity index (χ1v) is 8.75. The maximum atomic E-state index is 12.5. The molecule has 0 unspecified atom stereocenters. The highest BCUT2D eigenvalue weighted by molar-refractivity contribution is 6.01. The number of aryl methyl sites for hydroxylation is 2. The number of carbonyl (C=O) groups excluding carboxylic acids is 2. The van der Waals surface area contributed by atoms with Crippen LogP contribution in [0, 0.1) is 19.8 Å². The SMILES string of the molecule is Cc1noc(C)c1CN1CCN2C(C(=O)NCC3CC3)=COC2=NC1=O. The van der Waals surface area contributed by atoms with Crippen LogP contribution in [0.1, 0.15) is 29.9 Å². The molecule has 0 radical (unpaired) electrons. The quantitative estimate of drug-likeness (QED) is 0.850. The maximum Gasteiger partial charge on any atom is 0.348 e. The Morgan fingerprint density at radius 3 is 2.85 bits per heavy atom. The van der Waals surface area contributed by atoms with E-state index in [4.69, 9.17) is 9.26 Å². The van der Waals surface area contributed by atoms with Crippen molar-refractivity contribution >= 4 is 18.0 Å². The molecule has 3 heterocycles. The van der Waals surface area contributed by atoms with Crippen LogP contribution < -0.4 is 5.32 Å². The molecule has 138 valence electrons. The fourth-order valence-corrected chi connectivity index (χ4v) is 3.00. The first-order chi connectivity index (χ1) is 12.5. The zero-order chi connectivity index (χ0) is 18.3. The Hall–Kier alpha value is -2.84. The van der Waals surface area contributed by atoms with Gasteiger partial charge in [-0.1, -0.05) is 5.16 Å². The van der Waals surface area contributed by atoms with Gasteiger partial charge in [-0.2, -0.15) is 0 Å². The Kier molecular flexibility index (Phi) is 4.14. The predicted molar refractivity (Wildman–Crippen MR) is 90.8 cm³/mol. The fourth-order valence-electron chi connectivity index (χ4n) is 3.00. The smallest absolute Gasteiger partial charge is 0.348 e. The summed E-state index contributed by atoms with van der Waals surface area (Å²) in [4.78, 5) is 32.1. The second-order valence-corrected chi connectivity index (χ2v) is 6.83. The Morgan fingerprint density at radius 2 is 2.15 bits per heavy atom. The van der Waals surface area contributed by atoms with E-state index in [0.29, 0.717) is 43.6 Å². The normalized spacial score (nSPS) is 19.5. The molecule has 3 amide bonds. The van der Waals surface area contributed by atoms with Crippen molar-refractivity contribution in [2.75, 3.05) is 19.6 Å². The van der Waals surface area contributed by atoms with Crippen molar-refractivity contribution in [2.45, 2.75) is 33.2 Å². The molecule has 2 aliphatic heterocycles. The lowest BCUT2D eigenvalue weighted by atomic mass is 10.2. The zero-order valence-electron chi connectivity index (χ0n) is 14.8. The van der Waals surface area contributed by atoms with Crippen molar-refractivity contribution < 1.29 is 18.8 Å². The van der Waals surface area contributed by atoms with Crippen molar-refractivity contribution in [1.82, 2.24) is 20.3 Å². The third kappa shape index (κ3) is 3.16. The standard InChI is InChI=1S/C17H21N5O4/c1-10-13(11(2)26-20-10)8-21-5-6-22-14(9-25-17(22)19-16(21)24)15(23)18-7-12-3-4-12/h9,12H,3-8H2,1-2H3,(H,18,23). The van der Waals surface area contributed by atoms with Crippen molar-refractivity contribution in [3.05, 3.63) is 29.0 Å². The average molecular weight is 359 g/mol. The first kappa shape index (κ1) is 16.6. The highest BCUT2D eigenvalue weighted by atomic mass is 16.5. The van der Waals surface area contributed by atoms with E-state index in [1.54, 1.807) is 9.80 Å². The summed E-state index contributed by atoms with van der Waals surface area (Å²) in [7, 11) is 0. The minimum atomic E-state index is -0.407. The van der Waals surface area contributed by atoms with Crippen LogP contribution in [-0.2, 0) is 16.1 Å². The molecule has 3 aliphatic rings. The third-order valence-corrected chi connectivity index (χ3v) is 4.86. The number of rotatable bonds is 5. The van der Waals surface area contributed by atoms with E-state index in [0.717, 1.165) is 24.1 Å². The molecule has 9 nitrogen and oxygen atoms in total. The van der Waals surface area contributed by atoms with E-state index >= 15 is 0 Å². The first-order valence-electron chi connectivity index (χ1n) is 8.75. The van der Waals surface area contributed by atoms with E-state index in [-0.39, 0.29) is 11.9 Å². The highest BCUT2D eigenvalue weighted by Crippen LogP contribution is 2.28. The molecule has 26 heavy (non-hydrogen) atoms. The lowest BCUT2D eigenvalue weighted by molar-refractivity contribution is -0.118. The molecule has 4 rings (SSSR count). The molecule has 9 heteroatoms. The Bertz CT molecular complexity index is 789. The van der Waals surface area contributed by atoms with Gasteiger partial charge in [-0.3, -0.25) is 9.69 Å². The second kappa shape index (κ2) is 6.47. The van der Waals surface area contributed by atoms with E-state index in [1.165, 1.54) is 6.26 Å². The van der Waals surface area contributed by atoms with Crippen molar-refractivity contribution in [1.29, 1.82) is 0 Å². The lowest BCUT2D eigenvalue weighted by Crippen LogP contribution is -2.38. The summed E-state index contributed by atoms with van der Waals surface area (Å²) in [6.07, 6.45) is 3.69. The van der Waals surface area contributed by atoms with Gasteiger partial charge in [0.25, 0.3) is 5.91 Å². The Balaban J connectivity index is 1.44. The molecule has 1 aliphatic carbocycles. The summed E-state index contributed by atoms with van der Waals surface area (Å²) in [5.74, 6) is 1.07. The monoisotopic (exact) mass is 359 g/mol. The van der Waals surface area contributed by atoms with E-state index in [1.807, 2.05) is 13.8 Å². The zero-order valence-corrected chi connectivity index (χ0v) is 14.8. The van der Waals surface area contributed by atoms with Gasteiger partial charge in [0, 0.05) is 25.2 Å². The minimum Gasteiger partial charge on any atom is -0.431 e. The number of aromatic nitrogens is 1. The molecule has 1 saturated carbocycles. The predicted octanol–water partition coefficient (Wildman–Crippen LogP) is 1.28. The van der Waals surface area contributed by atoms with E-state index < -0.39 is 6.03 Å². The van der Waals surface area contributed by atoms with Crippen LogP contribution in [0.15, 0.2) is 21.5 Å². The van der Waals surface area contributed by atoms with Gasteiger partial charge in [-0.05, 0) is 32.6 Å². The summed E-state index contributed by atoms with van der Waals surface area (Å²) >= 11 is 0. The minimum absolute atomic E-state index is 0.146. The van der Waals surface area contributed by atoms with Crippen molar-refractivity contribution in [3.8, 4) is 0 Å². The molecule has 1 aromatic heterocycles. The number of carbonyl (C=O) groups is 2. The molecule has 0 saturated heterocycles. The second-order valence-electron chi connectivity index (χ2n) is 6.83. The molecular weight excluding hydrogens is 338 g/mol. The number of amides is 3. The van der Waals surface area contributed by atoms with Gasteiger partial charge >= 0.3 is 12.1 Å². The van der Waals surface area contributed by atoms with Crippen LogP contribution in [0.5, 0.6) is 0 Å². The third-order valence-electron chi connectivity index (χ3n) is 4.86. The fraction of sp³-hybridized carbons (Fsp3) is 0.529. The average Bonchev–Trinajstić information content (AvgIpc) is 3.32. The molecule has 0 spiro atoms. The number of hydrogen-bond donors (Lipinski definition) is 1. The number of urea groups is 1. The molecule has 1 aromatic rings. The van der Waals surface area contributed by atoms with E-state index in [2.05, 4.69) is 15.5 Å². The van der Waals surface area contributed by atoms with Crippen LogP contribution in [-0.4, -0.2) is 52.6 Å². The van der Waals surface area contributed by atoms with Gasteiger partial charge in [0.15, 0.2) is 0 Å². The van der Waals surface area contributed by atoms with Gasteiger partial charge in [0.2, 0.25) is 0 Å². The van der Waals surface area contributed by atoms with Crippen LogP contribution in [0.25, 0.3) is 0 Å². The number of fused-ring (bicyclic) bond motifs is 1. The van der Waals surface area contributed by atoms with Crippen LogP contribution in [0.4, 0.5) is 4.79 Å². The summed E-state index contributed by atoms with van der Waals surface area (Å²) < 4.78 is 10.5. The molecule has 1 fully saturated rings. The van der Waals surface area contributed by atoms with Gasteiger partial charge < -0.3 is 19.5 Å². The Labute approximate surface area is 150 Å². The number of hydrogen-bond acceptors (Lipinski definition) is 6. The number of nitrogens with one attached hydrogen (secondary N) is 1. The summed E-state index contributed by atoms with van der Waals surface area (Å²) in [5.41, 5.74) is 2.01. The maximum absolute atomic E-state index is 12.5. The van der Waals surface area contributed by atoms with E-state index in [9.17, 15) is 9.59 Å². The van der Waals surface area contributed by atoms with Gasteiger partial charge in [-0.15, -0.1) is 4.99 Å². The number of ether oxygens (including phenoxy) is 1. The lowest BCUT2D eigenvalue weighted by Gasteiger charge is -2.21.